The van der Waals surface area contributed by atoms with Gasteiger partial charge >= 0.3 is 0 Å². The summed E-state index contributed by atoms with van der Waals surface area (Å²) in [5.74, 6) is 6.39. The van der Waals surface area contributed by atoms with Crippen LogP contribution in [-0.2, 0) is 6.42 Å². The molecule has 0 spiro atoms. The molecule has 2 aromatic rings. The summed E-state index contributed by atoms with van der Waals surface area (Å²) in [6.45, 7) is 6.16. The number of aromatic nitrogens is 4. The van der Waals surface area contributed by atoms with E-state index in [0.29, 0.717) is 11.8 Å². The van der Waals surface area contributed by atoms with E-state index in [4.69, 9.17) is 5.84 Å². The molecule has 2 aromatic heterocycles. The van der Waals surface area contributed by atoms with Crippen LogP contribution in [0.3, 0.4) is 0 Å². The third-order valence-electron chi connectivity index (χ3n) is 2.78. The summed E-state index contributed by atoms with van der Waals surface area (Å²) in [6, 6.07) is 1.81. The molecule has 0 aromatic carbocycles. The molecule has 0 amide bonds. The molecule has 2 heterocycles. The number of hydrazine groups is 1. The van der Waals surface area contributed by atoms with E-state index in [0.717, 1.165) is 17.8 Å². The van der Waals surface area contributed by atoms with Crippen LogP contribution in [0.25, 0.3) is 5.82 Å². The molecule has 0 aliphatic rings. The molecule has 0 fully saturated rings. The highest BCUT2D eigenvalue weighted by Gasteiger charge is 2.12. The zero-order valence-corrected chi connectivity index (χ0v) is 10.2. The zero-order valence-electron chi connectivity index (χ0n) is 10.2. The second-order valence-corrected chi connectivity index (χ2v) is 3.80. The SMILES string of the molecule is CCc1c(C)nn(-c2ccnc(NN)n2)c1C. The van der Waals surface area contributed by atoms with E-state index >= 15 is 0 Å². The lowest BCUT2D eigenvalue weighted by molar-refractivity contribution is 0.800. The Labute approximate surface area is 99.9 Å². The highest BCUT2D eigenvalue weighted by molar-refractivity contribution is 5.35. The van der Waals surface area contributed by atoms with Crippen molar-refractivity contribution in [1.82, 2.24) is 19.7 Å². The van der Waals surface area contributed by atoms with Gasteiger partial charge in [0.15, 0.2) is 5.82 Å². The third-order valence-corrected chi connectivity index (χ3v) is 2.78. The van der Waals surface area contributed by atoms with Crippen molar-refractivity contribution in [2.45, 2.75) is 27.2 Å². The molecule has 3 N–H and O–H groups in total. The Morgan fingerprint density at radius 3 is 2.76 bits per heavy atom. The van der Waals surface area contributed by atoms with Gasteiger partial charge in [0, 0.05) is 18.0 Å². The molecule has 0 radical (unpaired) electrons. The first kappa shape index (κ1) is 11.5. The fraction of sp³-hybridized carbons (Fsp3) is 0.364. The Hall–Kier alpha value is -1.95. The van der Waals surface area contributed by atoms with E-state index in [-0.39, 0.29) is 0 Å². The maximum atomic E-state index is 5.29. The lowest BCUT2D eigenvalue weighted by Gasteiger charge is -2.05. The normalized spacial score (nSPS) is 10.6. The quantitative estimate of drug-likeness (QED) is 0.612. The molecule has 0 saturated carbocycles. The number of nitrogens with one attached hydrogen (secondary N) is 1. The van der Waals surface area contributed by atoms with Gasteiger partial charge in [0.25, 0.3) is 0 Å². The molecular formula is C11H16N6. The first-order chi connectivity index (χ1) is 8.17. The Bertz CT molecular complexity index is 531. The topological polar surface area (TPSA) is 81.7 Å². The number of aryl methyl sites for hydroxylation is 1. The number of anilines is 1. The Kier molecular flexibility index (Phi) is 3.06. The van der Waals surface area contributed by atoms with Crippen molar-refractivity contribution in [1.29, 1.82) is 0 Å². The molecule has 90 valence electrons. The van der Waals surface area contributed by atoms with Crippen LogP contribution in [-0.4, -0.2) is 19.7 Å². The predicted octanol–water partition coefficient (Wildman–Crippen LogP) is 1.13. The Balaban J connectivity index is 2.52. The van der Waals surface area contributed by atoms with Crippen molar-refractivity contribution in [3.63, 3.8) is 0 Å². The van der Waals surface area contributed by atoms with E-state index in [1.54, 1.807) is 12.3 Å². The van der Waals surface area contributed by atoms with Gasteiger partial charge in [-0.3, -0.25) is 5.43 Å². The fourth-order valence-electron chi connectivity index (χ4n) is 1.95. The fourth-order valence-corrected chi connectivity index (χ4v) is 1.95. The molecule has 0 saturated heterocycles. The van der Waals surface area contributed by atoms with Crippen LogP contribution in [0, 0.1) is 13.8 Å². The van der Waals surface area contributed by atoms with Crippen LogP contribution in [0.2, 0.25) is 0 Å². The smallest absolute Gasteiger partial charge is 0.239 e. The van der Waals surface area contributed by atoms with Crippen LogP contribution in [0.5, 0.6) is 0 Å². The first-order valence-corrected chi connectivity index (χ1v) is 5.52. The molecule has 0 atom stereocenters. The highest BCUT2D eigenvalue weighted by Crippen LogP contribution is 2.17. The summed E-state index contributed by atoms with van der Waals surface area (Å²) >= 11 is 0. The summed E-state index contributed by atoms with van der Waals surface area (Å²) in [5.41, 5.74) is 5.82. The summed E-state index contributed by atoms with van der Waals surface area (Å²) < 4.78 is 1.82. The molecular weight excluding hydrogens is 216 g/mol. The second-order valence-electron chi connectivity index (χ2n) is 3.80. The second kappa shape index (κ2) is 4.50. The molecule has 0 aliphatic carbocycles. The largest absolute Gasteiger partial charge is 0.292 e. The Morgan fingerprint density at radius 1 is 1.41 bits per heavy atom. The van der Waals surface area contributed by atoms with Crippen LogP contribution in [0.1, 0.15) is 23.9 Å². The molecule has 2 rings (SSSR count). The molecule has 0 bridgehead atoms. The monoisotopic (exact) mass is 232 g/mol. The van der Waals surface area contributed by atoms with Crippen molar-refractivity contribution >= 4 is 5.95 Å². The number of nitrogens with zero attached hydrogens (tertiary/aromatic N) is 4. The number of hydrogen-bond donors (Lipinski definition) is 2. The van der Waals surface area contributed by atoms with Gasteiger partial charge < -0.3 is 0 Å². The maximum absolute atomic E-state index is 5.29. The van der Waals surface area contributed by atoms with E-state index in [1.165, 1.54) is 5.56 Å². The molecule has 6 heteroatoms. The van der Waals surface area contributed by atoms with Crippen LogP contribution >= 0.6 is 0 Å². The number of rotatable bonds is 3. The van der Waals surface area contributed by atoms with Crippen molar-refractivity contribution < 1.29 is 0 Å². The summed E-state index contributed by atoms with van der Waals surface area (Å²) in [6.07, 6.45) is 2.62. The van der Waals surface area contributed by atoms with Gasteiger partial charge in [-0.1, -0.05) is 6.92 Å². The summed E-state index contributed by atoms with van der Waals surface area (Å²) in [4.78, 5) is 8.24. The van der Waals surface area contributed by atoms with Gasteiger partial charge in [0.05, 0.1) is 5.69 Å². The van der Waals surface area contributed by atoms with Crippen LogP contribution in [0.4, 0.5) is 5.95 Å². The van der Waals surface area contributed by atoms with Crippen molar-refractivity contribution in [2.24, 2.45) is 5.84 Å². The predicted molar refractivity (Wildman–Crippen MR) is 65.8 cm³/mol. The number of hydrogen-bond acceptors (Lipinski definition) is 5. The van der Waals surface area contributed by atoms with Crippen LogP contribution < -0.4 is 11.3 Å². The standard InChI is InChI=1S/C11H16N6/c1-4-9-7(2)16-17(8(9)3)10-5-6-13-11(14-10)15-12/h5-6H,4,12H2,1-3H3,(H,13,14,15). The minimum atomic E-state index is 0.383. The van der Waals surface area contributed by atoms with E-state index in [2.05, 4.69) is 27.4 Å². The number of nitrogen functional groups attached to an aromatic ring is 1. The lowest BCUT2D eigenvalue weighted by atomic mass is 10.1. The minimum absolute atomic E-state index is 0.383. The van der Waals surface area contributed by atoms with E-state index in [1.807, 2.05) is 18.5 Å². The minimum Gasteiger partial charge on any atom is -0.292 e. The average Bonchev–Trinajstić information content (AvgIpc) is 2.64. The van der Waals surface area contributed by atoms with E-state index in [9.17, 15) is 0 Å². The van der Waals surface area contributed by atoms with Gasteiger partial charge in [-0.25, -0.2) is 15.5 Å². The average molecular weight is 232 g/mol. The highest BCUT2D eigenvalue weighted by atomic mass is 15.4. The van der Waals surface area contributed by atoms with Crippen molar-refractivity contribution in [2.75, 3.05) is 5.43 Å². The van der Waals surface area contributed by atoms with Crippen molar-refractivity contribution in [3.05, 3.63) is 29.2 Å². The molecule has 6 nitrogen and oxygen atoms in total. The van der Waals surface area contributed by atoms with Gasteiger partial charge in [0.1, 0.15) is 0 Å². The van der Waals surface area contributed by atoms with Gasteiger partial charge in [0.2, 0.25) is 5.95 Å². The summed E-state index contributed by atoms with van der Waals surface area (Å²) in [5, 5.41) is 4.48. The summed E-state index contributed by atoms with van der Waals surface area (Å²) in [7, 11) is 0. The number of nitrogens with two attached hydrogens (primary N) is 1. The molecule has 0 unspecified atom stereocenters. The zero-order chi connectivity index (χ0) is 12.4. The first-order valence-electron chi connectivity index (χ1n) is 5.52. The Morgan fingerprint density at radius 2 is 2.18 bits per heavy atom. The molecule has 17 heavy (non-hydrogen) atoms. The lowest BCUT2D eigenvalue weighted by Crippen LogP contribution is -2.12. The van der Waals surface area contributed by atoms with Gasteiger partial charge in [-0.2, -0.15) is 10.1 Å². The van der Waals surface area contributed by atoms with Gasteiger partial charge in [-0.15, -0.1) is 0 Å². The maximum Gasteiger partial charge on any atom is 0.239 e. The molecule has 0 aliphatic heterocycles. The van der Waals surface area contributed by atoms with Crippen LogP contribution in [0.15, 0.2) is 12.3 Å². The van der Waals surface area contributed by atoms with E-state index < -0.39 is 0 Å². The third kappa shape index (κ3) is 1.99. The van der Waals surface area contributed by atoms with Crippen molar-refractivity contribution in [3.8, 4) is 5.82 Å². The van der Waals surface area contributed by atoms with Gasteiger partial charge in [-0.05, 0) is 25.8 Å².